The van der Waals surface area contributed by atoms with Gasteiger partial charge in [-0.25, -0.2) is 4.98 Å². The van der Waals surface area contributed by atoms with Gasteiger partial charge in [-0.05, 0) is 36.8 Å². The lowest BCUT2D eigenvalue weighted by Gasteiger charge is -2.04. The average Bonchev–Trinajstić information content (AvgIpc) is 2.70. The highest BCUT2D eigenvalue weighted by Gasteiger charge is 2.09. The molecular weight excluding hydrogens is 222 g/mol. The molecular formula is C15H15N3. The van der Waals surface area contributed by atoms with Crippen LogP contribution in [0.5, 0.6) is 0 Å². The van der Waals surface area contributed by atoms with E-state index in [0.717, 1.165) is 11.3 Å². The number of hydrogen-bond acceptors (Lipinski definition) is 2. The van der Waals surface area contributed by atoms with Crippen LogP contribution < -0.4 is 5.73 Å². The third-order valence-corrected chi connectivity index (χ3v) is 3.39. The first-order valence-corrected chi connectivity index (χ1v) is 5.94. The minimum atomic E-state index is 0.550. The lowest BCUT2D eigenvalue weighted by molar-refractivity contribution is 0.976. The van der Waals surface area contributed by atoms with E-state index in [1.165, 1.54) is 16.5 Å². The molecule has 0 aliphatic rings. The van der Waals surface area contributed by atoms with Gasteiger partial charge in [0.05, 0.1) is 5.69 Å². The van der Waals surface area contributed by atoms with Gasteiger partial charge in [0.15, 0.2) is 0 Å². The second-order valence-electron chi connectivity index (χ2n) is 4.57. The molecule has 2 heterocycles. The molecule has 2 aromatic heterocycles. The lowest BCUT2D eigenvalue weighted by Crippen LogP contribution is -1.93. The zero-order valence-electron chi connectivity index (χ0n) is 10.5. The average molecular weight is 237 g/mol. The van der Waals surface area contributed by atoms with Crippen molar-refractivity contribution >= 4 is 16.7 Å². The van der Waals surface area contributed by atoms with Crippen LogP contribution in [0.1, 0.15) is 5.56 Å². The third-order valence-electron chi connectivity index (χ3n) is 3.39. The quantitative estimate of drug-likeness (QED) is 0.706. The van der Waals surface area contributed by atoms with Crippen molar-refractivity contribution in [1.29, 1.82) is 0 Å². The van der Waals surface area contributed by atoms with E-state index in [2.05, 4.69) is 47.8 Å². The predicted molar refractivity (Wildman–Crippen MR) is 75.3 cm³/mol. The fourth-order valence-electron chi connectivity index (χ4n) is 2.34. The van der Waals surface area contributed by atoms with Crippen molar-refractivity contribution in [3.63, 3.8) is 0 Å². The Hall–Kier alpha value is -2.29. The maximum absolute atomic E-state index is 5.62. The highest BCUT2D eigenvalue weighted by molar-refractivity contribution is 5.89. The second kappa shape index (κ2) is 3.88. The Labute approximate surface area is 106 Å². The van der Waals surface area contributed by atoms with Crippen LogP contribution in [0, 0.1) is 6.92 Å². The number of anilines is 1. The highest BCUT2D eigenvalue weighted by atomic mass is 14.9. The van der Waals surface area contributed by atoms with Crippen molar-refractivity contribution in [3.8, 4) is 11.3 Å². The number of aryl methyl sites for hydroxylation is 2. The minimum absolute atomic E-state index is 0.550. The number of nitrogen functional groups attached to an aromatic ring is 1. The van der Waals surface area contributed by atoms with Crippen LogP contribution in [0.4, 0.5) is 5.82 Å². The van der Waals surface area contributed by atoms with Crippen LogP contribution in [0.25, 0.3) is 22.2 Å². The molecule has 0 saturated heterocycles. The summed E-state index contributed by atoms with van der Waals surface area (Å²) in [4.78, 5) is 4.15. The molecule has 0 fully saturated rings. The van der Waals surface area contributed by atoms with Crippen LogP contribution in [-0.4, -0.2) is 9.55 Å². The molecule has 3 aromatic rings. The van der Waals surface area contributed by atoms with E-state index in [-0.39, 0.29) is 0 Å². The summed E-state index contributed by atoms with van der Waals surface area (Å²) >= 11 is 0. The summed E-state index contributed by atoms with van der Waals surface area (Å²) in [6.45, 7) is 2.13. The minimum Gasteiger partial charge on any atom is -0.384 e. The largest absolute Gasteiger partial charge is 0.384 e. The molecule has 0 spiro atoms. The number of nitrogens with two attached hydrogens (primary N) is 1. The molecule has 2 N–H and O–H groups in total. The molecule has 0 atom stereocenters. The van der Waals surface area contributed by atoms with E-state index in [4.69, 9.17) is 5.73 Å². The first-order chi connectivity index (χ1) is 8.66. The summed E-state index contributed by atoms with van der Waals surface area (Å²) in [6.07, 6.45) is 1.82. The molecule has 90 valence electrons. The van der Waals surface area contributed by atoms with Gasteiger partial charge in [0, 0.05) is 29.7 Å². The summed E-state index contributed by atoms with van der Waals surface area (Å²) in [6, 6.07) is 12.4. The van der Waals surface area contributed by atoms with Crippen molar-refractivity contribution in [2.75, 3.05) is 5.73 Å². The number of benzene rings is 1. The number of aromatic nitrogens is 2. The molecule has 0 amide bonds. The zero-order valence-corrected chi connectivity index (χ0v) is 10.5. The summed E-state index contributed by atoms with van der Waals surface area (Å²) in [5, 5.41) is 1.28. The highest BCUT2D eigenvalue weighted by Crippen LogP contribution is 2.28. The first-order valence-electron chi connectivity index (χ1n) is 5.94. The SMILES string of the molecule is Cc1cccc2c1cc(-c1ccc(N)nc1)n2C. The number of nitrogens with zero attached hydrogens (tertiary/aromatic N) is 2. The smallest absolute Gasteiger partial charge is 0.123 e. The molecule has 0 bridgehead atoms. The van der Waals surface area contributed by atoms with Gasteiger partial charge in [0.2, 0.25) is 0 Å². The van der Waals surface area contributed by atoms with Crippen molar-refractivity contribution in [2.24, 2.45) is 7.05 Å². The third kappa shape index (κ3) is 1.56. The molecule has 0 aliphatic heterocycles. The maximum atomic E-state index is 5.62. The Morgan fingerprint density at radius 2 is 2.00 bits per heavy atom. The topological polar surface area (TPSA) is 43.8 Å². The molecule has 18 heavy (non-hydrogen) atoms. The summed E-state index contributed by atoms with van der Waals surface area (Å²) in [7, 11) is 2.08. The molecule has 0 radical (unpaired) electrons. The summed E-state index contributed by atoms with van der Waals surface area (Å²) in [5.41, 5.74) is 10.4. The van der Waals surface area contributed by atoms with Crippen molar-refractivity contribution < 1.29 is 0 Å². The number of hydrogen-bond donors (Lipinski definition) is 1. The van der Waals surface area contributed by atoms with Gasteiger partial charge in [-0.3, -0.25) is 0 Å². The first kappa shape index (κ1) is 10.8. The zero-order chi connectivity index (χ0) is 12.7. The predicted octanol–water partition coefficient (Wildman–Crippen LogP) is 3.13. The Kier molecular flexibility index (Phi) is 2.33. The Morgan fingerprint density at radius 3 is 2.67 bits per heavy atom. The van der Waals surface area contributed by atoms with Gasteiger partial charge in [-0.15, -0.1) is 0 Å². The van der Waals surface area contributed by atoms with Gasteiger partial charge in [-0.1, -0.05) is 12.1 Å². The molecule has 0 saturated carbocycles. The van der Waals surface area contributed by atoms with E-state index < -0.39 is 0 Å². The van der Waals surface area contributed by atoms with E-state index in [0.29, 0.717) is 5.82 Å². The molecule has 3 heteroatoms. The standard InChI is InChI=1S/C15H15N3/c1-10-4-3-5-13-12(10)8-14(18(13)2)11-6-7-15(16)17-9-11/h3-9H,1-2H3,(H2,16,17). The molecule has 3 nitrogen and oxygen atoms in total. The second-order valence-corrected chi connectivity index (χ2v) is 4.57. The maximum Gasteiger partial charge on any atom is 0.123 e. The molecule has 0 unspecified atom stereocenters. The van der Waals surface area contributed by atoms with Crippen LogP contribution in [0.15, 0.2) is 42.6 Å². The molecule has 3 rings (SSSR count). The van der Waals surface area contributed by atoms with E-state index in [1.54, 1.807) is 0 Å². The van der Waals surface area contributed by atoms with E-state index in [9.17, 15) is 0 Å². The molecule has 1 aromatic carbocycles. The van der Waals surface area contributed by atoms with E-state index in [1.807, 2.05) is 18.3 Å². The van der Waals surface area contributed by atoms with Crippen molar-refractivity contribution in [3.05, 3.63) is 48.2 Å². The van der Waals surface area contributed by atoms with Crippen molar-refractivity contribution in [1.82, 2.24) is 9.55 Å². The van der Waals surface area contributed by atoms with Crippen LogP contribution in [0.3, 0.4) is 0 Å². The Balaban J connectivity index is 2.27. The lowest BCUT2D eigenvalue weighted by atomic mass is 10.1. The van der Waals surface area contributed by atoms with Crippen LogP contribution in [0.2, 0.25) is 0 Å². The van der Waals surface area contributed by atoms with Crippen LogP contribution >= 0.6 is 0 Å². The normalized spacial score (nSPS) is 11.0. The summed E-state index contributed by atoms with van der Waals surface area (Å²) in [5.74, 6) is 0.550. The monoisotopic (exact) mass is 237 g/mol. The number of pyridine rings is 1. The van der Waals surface area contributed by atoms with Gasteiger partial charge in [0.1, 0.15) is 5.82 Å². The van der Waals surface area contributed by atoms with Gasteiger partial charge in [-0.2, -0.15) is 0 Å². The van der Waals surface area contributed by atoms with Crippen molar-refractivity contribution in [2.45, 2.75) is 6.92 Å². The van der Waals surface area contributed by atoms with Gasteiger partial charge >= 0.3 is 0 Å². The van der Waals surface area contributed by atoms with Gasteiger partial charge < -0.3 is 10.3 Å². The fourth-order valence-corrected chi connectivity index (χ4v) is 2.34. The van der Waals surface area contributed by atoms with Crippen LogP contribution in [-0.2, 0) is 7.05 Å². The fraction of sp³-hybridized carbons (Fsp3) is 0.133. The summed E-state index contributed by atoms with van der Waals surface area (Å²) < 4.78 is 2.19. The van der Waals surface area contributed by atoms with E-state index >= 15 is 0 Å². The number of fused-ring (bicyclic) bond motifs is 1. The Bertz CT molecular complexity index is 708. The molecule has 0 aliphatic carbocycles. The Morgan fingerprint density at radius 1 is 1.17 bits per heavy atom. The van der Waals surface area contributed by atoms with Gasteiger partial charge in [0.25, 0.3) is 0 Å². The number of rotatable bonds is 1.